The van der Waals surface area contributed by atoms with Gasteiger partial charge in [0, 0.05) is 13.0 Å². The Labute approximate surface area is 120 Å². The number of halogens is 4. The van der Waals surface area contributed by atoms with Crippen LogP contribution in [0.4, 0.5) is 28.0 Å². The summed E-state index contributed by atoms with van der Waals surface area (Å²) in [5.74, 6) is -3.66. The molecule has 0 saturated carbocycles. The molecule has 0 atom stereocenters. The molecule has 1 saturated heterocycles. The summed E-state index contributed by atoms with van der Waals surface area (Å²) in [5.41, 5.74) is 0.474. The number of imide groups is 1. The molecular formula is C11H9F4N3O4. The first-order valence-corrected chi connectivity index (χ1v) is 5.64. The lowest BCUT2D eigenvalue weighted by Gasteiger charge is -2.25. The molecular weight excluding hydrogens is 314 g/mol. The molecule has 2 N–H and O–H groups in total. The van der Waals surface area contributed by atoms with Crippen LogP contribution in [0, 0.1) is 5.95 Å². The van der Waals surface area contributed by atoms with Crippen LogP contribution >= 0.6 is 0 Å². The van der Waals surface area contributed by atoms with E-state index in [4.69, 9.17) is 9.90 Å². The van der Waals surface area contributed by atoms with E-state index in [1.807, 2.05) is 0 Å². The number of hydrogen-bond acceptors (Lipinski definition) is 4. The minimum atomic E-state index is -5.08. The Morgan fingerprint density at radius 1 is 1.32 bits per heavy atom. The van der Waals surface area contributed by atoms with Gasteiger partial charge in [0.15, 0.2) is 0 Å². The molecule has 2 heterocycles. The SMILES string of the molecule is O=C(O)C(F)(F)F.O=C1CCN(c2ccc(F)nc2)C(=O)N1. The third-order valence-electron chi connectivity index (χ3n) is 2.32. The number of carbonyl (C=O) groups excluding carboxylic acids is 2. The van der Waals surface area contributed by atoms with Crippen molar-refractivity contribution in [3.8, 4) is 0 Å². The average Bonchev–Trinajstić information content (AvgIpc) is 2.40. The lowest BCUT2D eigenvalue weighted by molar-refractivity contribution is -0.192. The number of carboxylic acid groups (broad SMARTS) is 1. The van der Waals surface area contributed by atoms with Crippen LogP contribution in [0.3, 0.4) is 0 Å². The maximum Gasteiger partial charge on any atom is 0.490 e. The fourth-order valence-electron chi connectivity index (χ4n) is 1.34. The molecule has 0 unspecified atom stereocenters. The van der Waals surface area contributed by atoms with Crippen LogP contribution in [0.2, 0.25) is 0 Å². The topological polar surface area (TPSA) is 99.6 Å². The lowest BCUT2D eigenvalue weighted by Crippen LogP contribution is -2.49. The molecule has 1 aromatic rings. The highest BCUT2D eigenvalue weighted by atomic mass is 19.4. The van der Waals surface area contributed by atoms with Crippen molar-refractivity contribution in [3.05, 3.63) is 24.3 Å². The van der Waals surface area contributed by atoms with E-state index in [9.17, 15) is 27.2 Å². The molecule has 11 heteroatoms. The van der Waals surface area contributed by atoms with Gasteiger partial charge in [-0.05, 0) is 12.1 Å². The Balaban J connectivity index is 0.000000295. The summed E-state index contributed by atoms with van der Waals surface area (Å²) in [7, 11) is 0. The van der Waals surface area contributed by atoms with Crippen molar-refractivity contribution in [2.24, 2.45) is 0 Å². The third kappa shape index (κ3) is 5.00. The maximum atomic E-state index is 12.5. The Hall–Kier alpha value is -2.72. The normalized spacial score (nSPS) is 14.8. The Kier molecular flexibility index (Phi) is 5.38. The molecule has 1 aromatic heterocycles. The average molecular weight is 323 g/mol. The smallest absolute Gasteiger partial charge is 0.475 e. The van der Waals surface area contributed by atoms with E-state index in [1.54, 1.807) is 0 Å². The second-order valence-corrected chi connectivity index (χ2v) is 3.90. The predicted octanol–water partition coefficient (Wildman–Crippen LogP) is 1.30. The highest BCUT2D eigenvalue weighted by molar-refractivity contribution is 6.05. The van der Waals surface area contributed by atoms with Crippen molar-refractivity contribution < 1.29 is 37.1 Å². The Bertz CT molecular complexity index is 574. The molecule has 0 spiro atoms. The molecule has 1 fully saturated rings. The minimum absolute atomic E-state index is 0.239. The lowest BCUT2D eigenvalue weighted by atomic mass is 10.3. The highest BCUT2D eigenvalue weighted by Crippen LogP contribution is 2.15. The van der Waals surface area contributed by atoms with Crippen molar-refractivity contribution >= 4 is 23.6 Å². The second kappa shape index (κ2) is 6.83. The number of urea groups is 1. The first-order chi connectivity index (χ1) is 10.1. The molecule has 3 amide bonds. The summed E-state index contributed by atoms with van der Waals surface area (Å²) < 4.78 is 44.3. The number of amides is 3. The van der Waals surface area contributed by atoms with Gasteiger partial charge in [-0.2, -0.15) is 17.6 Å². The molecule has 1 aliphatic heterocycles. The van der Waals surface area contributed by atoms with Crippen molar-refractivity contribution in [2.75, 3.05) is 11.4 Å². The zero-order chi connectivity index (χ0) is 16.9. The van der Waals surface area contributed by atoms with Crippen LogP contribution < -0.4 is 10.2 Å². The van der Waals surface area contributed by atoms with Crippen LogP contribution in [0.1, 0.15) is 6.42 Å². The number of aliphatic carboxylic acids is 1. The van der Waals surface area contributed by atoms with E-state index >= 15 is 0 Å². The van der Waals surface area contributed by atoms with E-state index in [2.05, 4.69) is 10.3 Å². The molecule has 7 nitrogen and oxygen atoms in total. The van der Waals surface area contributed by atoms with Crippen molar-refractivity contribution in [1.29, 1.82) is 0 Å². The van der Waals surface area contributed by atoms with Gasteiger partial charge < -0.3 is 5.11 Å². The Morgan fingerprint density at radius 3 is 2.32 bits per heavy atom. The van der Waals surface area contributed by atoms with Crippen LogP contribution in [0.15, 0.2) is 18.3 Å². The first-order valence-electron chi connectivity index (χ1n) is 5.64. The minimum Gasteiger partial charge on any atom is -0.475 e. The van der Waals surface area contributed by atoms with Gasteiger partial charge in [0.05, 0.1) is 11.9 Å². The van der Waals surface area contributed by atoms with Crippen molar-refractivity contribution in [1.82, 2.24) is 10.3 Å². The summed E-state index contributed by atoms with van der Waals surface area (Å²) in [4.78, 5) is 35.9. The molecule has 0 radical (unpaired) electrons. The van der Waals surface area contributed by atoms with E-state index in [0.29, 0.717) is 5.69 Å². The second-order valence-electron chi connectivity index (χ2n) is 3.90. The van der Waals surface area contributed by atoms with Crippen LogP contribution in [-0.4, -0.2) is 40.7 Å². The number of alkyl halides is 3. The summed E-state index contributed by atoms with van der Waals surface area (Å²) in [6.45, 7) is 0.290. The van der Waals surface area contributed by atoms with E-state index in [1.165, 1.54) is 23.2 Å². The zero-order valence-electron chi connectivity index (χ0n) is 10.7. The third-order valence-corrected chi connectivity index (χ3v) is 2.32. The van der Waals surface area contributed by atoms with E-state index in [-0.39, 0.29) is 18.9 Å². The van der Waals surface area contributed by atoms with Gasteiger partial charge >= 0.3 is 18.2 Å². The number of hydrogen-bond donors (Lipinski definition) is 2. The van der Waals surface area contributed by atoms with Gasteiger partial charge in [-0.25, -0.2) is 14.6 Å². The molecule has 0 aromatic carbocycles. The van der Waals surface area contributed by atoms with Gasteiger partial charge in [-0.1, -0.05) is 0 Å². The molecule has 22 heavy (non-hydrogen) atoms. The molecule has 2 rings (SSSR count). The van der Waals surface area contributed by atoms with Crippen LogP contribution in [0.5, 0.6) is 0 Å². The highest BCUT2D eigenvalue weighted by Gasteiger charge is 2.38. The van der Waals surface area contributed by atoms with E-state index in [0.717, 1.165) is 0 Å². The fraction of sp³-hybridized carbons (Fsp3) is 0.273. The number of carboxylic acids is 1. The monoisotopic (exact) mass is 323 g/mol. The molecule has 120 valence electrons. The quantitative estimate of drug-likeness (QED) is 0.599. The number of nitrogens with zero attached hydrogens (tertiary/aromatic N) is 2. The zero-order valence-corrected chi connectivity index (χ0v) is 10.7. The number of nitrogens with one attached hydrogen (secondary N) is 1. The van der Waals surface area contributed by atoms with Crippen LogP contribution in [0.25, 0.3) is 0 Å². The van der Waals surface area contributed by atoms with Gasteiger partial charge in [0.1, 0.15) is 0 Å². The Morgan fingerprint density at radius 2 is 1.91 bits per heavy atom. The summed E-state index contributed by atoms with van der Waals surface area (Å²) in [6, 6.07) is 2.11. The van der Waals surface area contributed by atoms with Gasteiger partial charge in [-0.3, -0.25) is 15.0 Å². The summed E-state index contributed by atoms with van der Waals surface area (Å²) >= 11 is 0. The number of carbonyl (C=O) groups is 3. The summed E-state index contributed by atoms with van der Waals surface area (Å²) in [5, 5.41) is 9.29. The van der Waals surface area contributed by atoms with Crippen molar-refractivity contribution in [2.45, 2.75) is 12.6 Å². The molecule has 1 aliphatic rings. The fourth-order valence-corrected chi connectivity index (χ4v) is 1.34. The number of pyridine rings is 1. The van der Waals surface area contributed by atoms with E-state index < -0.39 is 24.1 Å². The molecule has 0 bridgehead atoms. The van der Waals surface area contributed by atoms with Gasteiger partial charge in [-0.15, -0.1) is 0 Å². The largest absolute Gasteiger partial charge is 0.490 e. The summed E-state index contributed by atoms with van der Waals surface area (Å²) in [6.07, 6.45) is -3.59. The molecule has 0 aliphatic carbocycles. The standard InChI is InChI=1S/C9H8FN3O2.C2HF3O2/c10-7-2-1-6(5-11-7)13-4-3-8(14)12-9(13)15;3-2(4,5)1(6)7/h1-2,5H,3-4H2,(H,12,14,15);(H,6,7). The van der Waals surface area contributed by atoms with Crippen LogP contribution in [-0.2, 0) is 9.59 Å². The first kappa shape index (κ1) is 17.3. The number of anilines is 1. The number of aromatic nitrogens is 1. The van der Waals surface area contributed by atoms with Gasteiger partial charge in [0.25, 0.3) is 0 Å². The van der Waals surface area contributed by atoms with Crippen molar-refractivity contribution in [3.63, 3.8) is 0 Å². The van der Waals surface area contributed by atoms with Gasteiger partial charge in [0.2, 0.25) is 11.9 Å². The predicted molar refractivity (Wildman–Crippen MR) is 63.4 cm³/mol. The number of rotatable bonds is 1. The maximum absolute atomic E-state index is 12.5.